The monoisotopic (exact) mass is 468 g/mol. The Bertz CT molecular complexity index is 1150. The minimum atomic E-state index is -3.60. The number of fused-ring (bicyclic) bond motifs is 1. The molecule has 2 aromatic rings. The van der Waals surface area contributed by atoms with Crippen LogP contribution in [0.1, 0.15) is 53.2 Å². The number of halogens is 2. The molecule has 34 heavy (non-hydrogen) atoms. The third kappa shape index (κ3) is 4.55. The number of hydrogen-bond acceptors (Lipinski definition) is 4. The van der Waals surface area contributed by atoms with Crippen LogP contribution in [0.15, 0.2) is 48.5 Å². The Kier molecular flexibility index (Phi) is 6.20. The van der Waals surface area contributed by atoms with E-state index in [1.54, 1.807) is 28.9 Å². The smallest absolute Gasteiger partial charge is 0.322 e. The van der Waals surface area contributed by atoms with Crippen LogP contribution < -0.4 is 5.32 Å². The normalized spacial score (nSPS) is 20.2. The lowest BCUT2D eigenvalue weighted by Gasteiger charge is -2.42. The van der Waals surface area contributed by atoms with Crippen molar-refractivity contribution in [1.82, 2.24) is 15.1 Å². The Balaban J connectivity index is 1.57. The molecule has 2 N–H and O–H groups in total. The molecular formula is C25H26F2N4O3. The van der Waals surface area contributed by atoms with Crippen LogP contribution in [0.3, 0.4) is 0 Å². The Hall–Kier alpha value is -3.62. The van der Waals surface area contributed by atoms with Gasteiger partial charge in [0.15, 0.2) is 0 Å². The van der Waals surface area contributed by atoms with Gasteiger partial charge in [-0.05, 0) is 29.7 Å². The highest BCUT2D eigenvalue weighted by Crippen LogP contribution is 2.36. The Morgan fingerprint density at radius 3 is 2.50 bits per heavy atom. The van der Waals surface area contributed by atoms with Gasteiger partial charge in [0.05, 0.1) is 0 Å². The fraction of sp³-hybridized carbons (Fsp3) is 0.360. The largest absolute Gasteiger partial charge is 0.342 e. The van der Waals surface area contributed by atoms with Crippen LogP contribution in [0, 0.1) is 5.41 Å². The summed E-state index contributed by atoms with van der Waals surface area (Å²) in [5.41, 5.74) is 2.46. The Morgan fingerprint density at radius 2 is 1.85 bits per heavy atom. The van der Waals surface area contributed by atoms with E-state index in [1.807, 2.05) is 35.6 Å². The van der Waals surface area contributed by atoms with E-state index < -0.39 is 17.7 Å². The van der Waals surface area contributed by atoms with Gasteiger partial charge in [0.2, 0.25) is 5.91 Å². The maximum atomic E-state index is 13.3. The first kappa shape index (κ1) is 23.5. The molecule has 2 aliphatic heterocycles. The van der Waals surface area contributed by atoms with E-state index in [1.165, 1.54) is 6.07 Å². The number of nitrogens with zero attached hydrogens (tertiary/aromatic N) is 2. The number of carbonyl (C=O) groups is 3. The average Bonchev–Trinajstić information content (AvgIpc) is 3.14. The number of amidine groups is 1. The quantitative estimate of drug-likeness (QED) is 0.533. The second kappa shape index (κ2) is 8.96. The van der Waals surface area contributed by atoms with Crippen molar-refractivity contribution < 1.29 is 23.2 Å². The predicted octanol–water partition coefficient (Wildman–Crippen LogP) is 3.14. The highest BCUT2D eigenvalue weighted by atomic mass is 19.3. The summed E-state index contributed by atoms with van der Waals surface area (Å²) in [7, 11) is 0. The molecule has 9 heteroatoms. The molecule has 2 heterocycles. The molecule has 2 atom stereocenters. The first-order valence-electron chi connectivity index (χ1n) is 11.1. The number of amides is 3. The van der Waals surface area contributed by atoms with Crippen LogP contribution in [0.5, 0.6) is 0 Å². The molecule has 0 spiro atoms. The Morgan fingerprint density at radius 1 is 1.15 bits per heavy atom. The van der Waals surface area contributed by atoms with Crippen LogP contribution in [0.25, 0.3) is 0 Å². The van der Waals surface area contributed by atoms with Gasteiger partial charge in [-0.2, -0.15) is 8.78 Å². The van der Waals surface area contributed by atoms with E-state index in [9.17, 15) is 23.2 Å². The number of rotatable bonds is 4. The molecule has 0 bridgehead atoms. The fourth-order valence-corrected chi connectivity index (χ4v) is 4.69. The van der Waals surface area contributed by atoms with Crippen molar-refractivity contribution >= 4 is 23.6 Å². The number of likely N-dealkylation sites (tertiary alicyclic amines) is 1. The molecule has 3 amide bonds. The highest BCUT2D eigenvalue weighted by Gasteiger charge is 2.41. The molecule has 2 aliphatic rings. The third-order valence-corrected chi connectivity index (χ3v) is 6.51. The number of hydrogen-bond donors (Lipinski definition) is 2. The number of nitrogens with one attached hydrogen (secondary N) is 2. The van der Waals surface area contributed by atoms with Gasteiger partial charge in [-0.1, -0.05) is 36.4 Å². The zero-order valence-corrected chi connectivity index (χ0v) is 19.0. The lowest BCUT2D eigenvalue weighted by molar-refractivity contribution is -0.141. The SMILES string of the molecule is CC(=O)N1CCC(N2Cc3cc(C(=N)NC(=O)C(C)(F)F)ccc3C2=O)C(c2ccccc2)C1. The number of carbonyl (C=O) groups excluding carboxylic acids is 3. The van der Waals surface area contributed by atoms with Crippen molar-refractivity contribution in [3.05, 3.63) is 70.8 Å². The average molecular weight is 469 g/mol. The summed E-state index contributed by atoms with van der Waals surface area (Å²) in [6.07, 6.45) is 0.628. The van der Waals surface area contributed by atoms with Gasteiger partial charge in [0.25, 0.3) is 11.8 Å². The van der Waals surface area contributed by atoms with Crippen molar-refractivity contribution in [2.24, 2.45) is 0 Å². The van der Waals surface area contributed by atoms with Crippen LogP contribution in [-0.4, -0.2) is 58.4 Å². The molecule has 1 fully saturated rings. The van der Waals surface area contributed by atoms with E-state index >= 15 is 0 Å². The second-order valence-corrected chi connectivity index (χ2v) is 8.86. The van der Waals surface area contributed by atoms with E-state index in [2.05, 4.69) is 0 Å². The van der Waals surface area contributed by atoms with Crippen LogP contribution in [0.2, 0.25) is 0 Å². The molecule has 2 aromatic carbocycles. The van der Waals surface area contributed by atoms with Crippen LogP contribution in [-0.2, 0) is 16.1 Å². The molecule has 7 nitrogen and oxygen atoms in total. The number of benzene rings is 2. The van der Waals surface area contributed by atoms with Gasteiger partial charge in [-0.3, -0.25) is 19.8 Å². The molecule has 0 aromatic heterocycles. The van der Waals surface area contributed by atoms with Gasteiger partial charge in [-0.15, -0.1) is 0 Å². The summed E-state index contributed by atoms with van der Waals surface area (Å²) in [6, 6.07) is 14.3. The lowest BCUT2D eigenvalue weighted by atomic mass is 9.85. The van der Waals surface area contributed by atoms with Gasteiger partial charge < -0.3 is 15.1 Å². The topological polar surface area (TPSA) is 93.6 Å². The summed E-state index contributed by atoms with van der Waals surface area (Å²) in [5, 5.41) is 9.92. The maximum absolute atomic E-state index is 13.3. The van der Waals surface area contributed by atoms with Crippen LogP contribution in [0.4, 0.5) is 8.78 Å². The highest BCUT2D eigenvalue weighted by molar-refractivity contribution is 6.08. The summed E-state index contributed by atoms with van der Waals surface area (Å²) in [4.78, 5) is 40.5. The fourth-order valence-electron chi connectivity index (χ4n) is 4.69. The molecule has 4 rings (SSSR count). The lowest BCUT2D eigenvalue weighted by Crippen LogP contribution is -2.51. The van der Waals surface area contributed by atoms with Crippen LogP contribution >= 0.6 is 0 Å². The minimum absolute atomic E-state index is 0.00160. The zero-order chi connectivity index (χ0) is 24.6. The molecule has 2 unspecified atom stereocenters. The zero-order valence-electron chi connectivity index (χ0n) is 19.0. The van der Waals surface area contributed by atoms with Crippen molar-refractivity contribution in [2.75, 3.05) is 13.1 Å². The molecule has 0 radical (unpaired) electrons. The van der Waals surface area contributed by atoms with Crippen molar-refractivity contribution in [2.45, 2.75) is 44.7 Å². The summed E-state index contributed by atoms with van der Waals surface area (Å²) in [6.45, 7) is 3.38. The van der Waals surface area contributed by atoms with Crippen molar-refractivity contribution in [3.8, 4) is 0 Å². The van der Waals surface area contributed by atoms with E-state index in [-0.39, 0.29) is 29.3 Å². The summed E-state index contributed by atoms with van der Waals surface area (Å²) >= 11 is 0. The molecular weight excluding hydrogens is 442 g/mol. The molecule has 1 saturated heterocycles. The van der Waals surface area contributed by atoms with Gasteiger partial charge >= 0.3 is 5.92 Å². The minimum Gasteiger partial charge on any atom is -0.342 e. The maximum Gasteiger partial charge on any atom is 0.322 e. The predicted molar refractivity (Wildman–Crippen MR) is 122 cm³/mol. The molecule has 0 saturated carbocycles. The van der Waals surface area contributed by atoms with Crippen molar-refractivity contribution in [1.29, 1.82) is 5.41 Å². The Labute approximate surface area is 196 Å². The van der Waals surface area contributed by atoms with Gasteiger partial charge in [0.1, 0.15) is 5.84 Å². The third-order valence-electron chi connectivity index (χ3n) is 6.51. The molecule has 0 aliphatic carbocycles. The van der Waals surface area contributed by atoms with E-state index in [0.717, 1.165) is 5.56 Å². The first-order valence-corrected chi connectivity index (χ1v) is 11.1. The van der Waals surface area contributed by atoms with Gasteiger partial charge in [0, 0.05) is 56.6 Å². The first-order chi connectivity index (χ1) is 16.1. The summed E-state index contributed by atoms with van der Waals surface area (Å²) < 4.78 is 26.4. The van der Waals surface area contributed by atoms with E-state index in [4.69, 9.17) is 5.41 Å². The van der Waals surface area contributed by atoms with Crippen molar-refractivity contribution in [3.63, 3.8) is 0 Å². The second-order valence-electron chi connectivity index (χ2n) is 8.86. The molecule has 178 valence electrons. The standard InChI is InChI=1S/C25H26F2N4O3/c1-15(32)30-11-10-21(20(14-30)16-6-4-3-5-7-16)31-13-18-12-17(8-9-19(18)23(31)33)22(28)29-24(34)25(2,26)27/h3-9,12,20-21H,10-11,13-14H2,1-2H3,(H2,28,29,34). The van der Waals surface area contributed by atoms with E-state index in [0.29, 0.717) is 44.1 Å². The van der Waals surface area contributed by atoms with Gasteiger partial charge in [-0.25, -0.2) is 0 Å². The summed E-state index contributed by atoms with van der Waals surface area (Å²) in [5.74, 6) is -5.80. The number of alkyl halides is 2. The number of piperidine rings is 1.